The number of ether oxygens (including phenoxy) is 8. The van der Waals surface area contributed by atoms with Crippen molar-refractivity contribution in [2.75, 3.05) is 125 Å². The Morgan fingerprint density at radius 2 is 0.802 bits per heavy atom. The van der Waals surface area contributed by atoms with E-state index in [1.807, 2.05) is 120 Å². The highest BCUT2D eigenvalue weighted by Crippen LogP contribution is 2.44. The molecule has 3 unspecified atom stereocenters. The van der Waals surface area contributed by atoms with E-state index in [9.17, 15) is 37.1 Å². The second kappa shape index (κ2) is 40.6. The summed E-state index contributed by atoms with van der Waals surface area (Å²) in [7, 11) is 1.69. The first-order valence-electron chi connectivity index (χ1n) is 41.6. The lowest BCUT2D eigenvalue weighted by Crippen LogP contribution is -2.50. The molecule has 5 aliphatic rings. The van der Waals surface area contributed by atoms with Gasteiger partial charge < -0.3 is 63.1 Å². The highest BCUT2D eigenvalue weighted by molar-refractivity contribution is 6.32. The molecule has 5 aliphatic heterocycles. The summed E-state index contributed by atoms with van der Waals surface area (Å²) in [6.07, 6.45) is 4.31. The lowest BCUT2D eigenvalue weighted by Gasteiger charge is -2.35. The molecular weight excluding hydrogens is 1680 g/mol. The van der Waals surface area contributed by atoms with Gasteiger partial charge in [-0.1, -0.05) is 71.2 Å². The van der Waals surface area contributed by atoms with Crippen LogP contribution in [0.25, 0.3) is 32.7 Å². The third kappa shape index (κ3) is 21.1. The lowest BCUT2D eigenvalue weighted by molar-refractivity contribution is -0.135. The van der Waals surface area contributed by atoms with Crippen LogP contribution < -0.4 is 33.7 Å². The van der Waals surface area contributed by atoms with E-state index in [-0.39, 0.29) is 42.3 Å². The molecule has 9 heterocycles. The van der Waals surface area contributed by atoms with Crippen LogP contribution in [-0.4, -0.2) is 215 Å². The molecule has 9 aromatic carbocycles. The van der Waals surface area contributed by atoms with Gasteiger partial charge in [0, 0.05) is 157 Å². The number of piperazine rings is 1. The summed E-state index contributed by atoms with van der Waals surface area (Å²) in [5.74, 6) is 1.15. The first-order chi connectivity index (χ1) is 61.4. The molecule has 4 N–H and O–H groups in total. The summed E-state index contributed by atoms with van der Waals surface area (Å²) >= 11 is 18.9. The van der Waals surface area contributed by atoms with E-state index in [0.717, 1.165) is 148 Å². The van der Waals surface area contributed by atoms with E-state index >= 15 is 0 Å². The van der Waals surface area contributed by atoms with E-state index in [1.165, 1.54) is 72.8 Å². The summed E-state index contributed by atoms with van der Waals surface area (Å²) in [6.45, 7) is 11.3. The average Bonchev–Trinajstić information content (AvgIpc) is 1.60. The van der Waals surface area contributed by atoms with Crippen molar-refractivity contribution >= 4 is 97.6 Å². The van der Waals surface area contributed by atoms with Crippen molar-refractivity contribution < 1.29 is 75.0 Å². The van der Waals surface area contributed by atoms with Crippen molar-refractivity contribution in [1.29, 1.82) is 0 Å². The Balaban J connectivity index is 0.000000139. The molecule has 18 rings (SSSR count). The predicted octanol–water partition coefficient (Wildman–Crippen LogP) is 16.4. The number of benzene rings is 9. The van der Waals surface area contributed by atoms with Crippen molar-refractivity contribution in [3.63, 3.8) is 0 Å². The van der Waals surface area contributed by atoms with Gasteiger partial charge in [0.1, 0.15) is 70.1 Å². The number of carbonyl (C=O) groups is 5. The standard InChI is InChI=1S/C33H34ClFN4O5.C32H32ClFN4O5.C29H25ClFN5O3/c1-42-19-18-37-14-16-38(17-15-37)30(40)21-43-25-7-2-22(3-8-25)32-31-27(28-20-23(34)4-11-29(28)36-31)12-13-39(32)33(41)44-26-9-5-24(35)6-10-26;33-22-3-10-28-27(19-22)26-11-13-38(32(40)43-25-8-4-23(34)5-9-25)31(30(26)36-28)21-1-6-24(7-2-21)42-20-29(39)35-12-14-37-15-17-41-18-16-37;30-20-4-11-26-25(18-20)24-12-16-35(29(37)39-23-9-5-21(31)6-10-23)28(27(24)34-26)19-2-7-22(8-3-19)38-17-1-15-36-32-13-14-33-36/h2-11,20,32,36H,12-19,21H2,1H3;1-10,19,31,36H,11-18,20H2,(H,35,39);2-11,13-14,18,28,34H,1,12,15-17H2. The number of halogens is 6. The van der Waals surface area contributed by atoms with Crippen LogP contribution in [0.4, 0.5) is 27.6 Å². The highest BCUT2D eigenvalue weighted by Gasteiger charge is 2.40. The van der Waals surface area contributed by atoms with Crippen molar-refractivity contribution in [2.24, 2.45) is 0 Å². The summed E-state index contributed by atoms with van der Waals surface area (Å²) in [4.78, 5) is 89.0. The Morgan fingerprint density at radius 1 is 0.429 bits per heavy atom. The van der Waals surface area contributed by atoms with Crippen molar-refractivity contribution in [1.82, 2.24) is 64.7 Å². The zero-order valence-electron chi connectivity index (χ0n) is 68.8. The number of hydrogen-bond acceptors (Lipinski definition) is 17. The minimum absolute atomic E-state index is 0.0517. The average molecular weight is 1770 g/mol. The number of carbonyl (C=O) groups excluding carboxylic acids is 5. The number of methoxy groups -OCH3 is 1. The normalized spacial score (nSPS) is 16.3. The number of aryl methyl sites for hydroxylation is 1. The summed E-state index contributed by atoms with van der Waals surface area (Å²) in [5, 5.41) is 16.1. The van der Waals surface area contributed by atoms with Crippen molar-refractivity contribution in [3.05, 3.63) is 296 Å². The fraction of sp³-hybridized carbons (Fsp3) is 0.287. The number of H-pyrrole nitrogens is 3. The van der Waals surface area contributed by atoms with E-state index in [0.29, 0.717) is 105 Å². The number of amides is 5. The van der Waals surface area contributed by atoms with E-state index < -0.39 is 53.9 Å². The fourth-order valence-electron chi connectivity index (χ4n) is 16.4. The maximum Gasteiger partial charge on any atom is 0.416 e. The van der Waals surface area contributed by atoms with Crippen molar-refractivity contribution in [3.8, 4) is 34.5 Å². The largest absolute Gasteiger partial charge is 0.494 e. The molecule has 652 valence electrons. The molecule has 5 amide bonds. The molecule has 3 atom stereocenters. The molecule has 0 radical (unpaired) electrons. The maximum atomic E-state index is 13.5. The second-order valence-electron chi connectivity index (χ2n) is 30.8. The molecule has 0 saturated carbocycles. The number of morpholine rings is 1. The monoisotopic (exact) mass is 1770 g/mol. The number of hydrogen-bond donors (Lipinski definition) is 4. The third-order valence-corrected chi connectivity index (χ3v) is 23.5. The first kappa shape index (κ1) is 86.9. The Hall–Kier alpha value is -12.6. The number of aromatic nitrogens is 6. The molecule has 2 saturated heterocycles. The van der Waals surface area contributed by atoms with Gasteiger partial charge in [-0.05, 0) is 216 Å². The van der Waals surface area contributed by atoms with Crippen LogP contribution in [0.1, 0.15) is 75.0 Å². The summed E-state index contributed by atoms with van der Waals surface area (Å²) in [5.41, 5.74) is 11.3. The van der Waals surface area contributed by atoms with Gasteiger partial charge in [0.25, 0.3) is 11.8 Å². The Bertz CT molecular complexity index is 5940. The smallest absolute Gasteiger partial charge is 0.416 e. The number of fused-ring (bicyclic) bond motifs is 9. The van der Waals surface area contributed by atoms with Gasteiger partial charge in [0.2, 0.25) is 0 Å². The minimum atomic E-state index is -0.548. The Labute approximate surface area is 738 Å². The van der Waals surface area contributed by atoms with E-state index in [4.69, 9.17) is 72.7 Å². The molecular formula is C94H91Cl3F3N13O13. The Kier molecular flexibility index (Phi) is 28.0. The summed E-state index contributed by atoms with van der Waals surface area (Å²) < 4.78 is 85.2. The highest BCUT2D eigenvalue weighted by atomic mass is 35.5. The first-order valence-corrected chi connectivity index (χ1v) is 42.7. The number of aromatic amines is 3. The molecule has 13 aromatic rings. The zero-order valence-corrected chi connectivity index (χ0v) is 71.1. The summed E-state index contributed by atoms with van der Waals surface area (Å²) in [6, 6.07) is 54.3. The molecule has 0 aliphatic carbocycles. The van der Waals surface area contributed by atoms with Crippen LogP contribution in [0.15, 0.2) is 213 Å². The number of nitrogens with one attached hydrogen (secondary N) is 4. The molecule has 26 nitrogen and oxygen atoms in total. The number of rotatable bonds is 23. The SMILES string of the molecule is COCCN1CCN(C(=O)COc2ccc(C3c4[nH]c5ccc(Cl)cc5c4CCN3C(=O)Oc3ccc(F)cc3)cc2)CC1.O=C(COc1ccc(C2c3[nH]c4ccc(Cl)cc4c3CCN2C(=O)Oc2ccc(F)cc2)cc1)NCCN1CCOCC1.O=C(Oc1ccc(F)cc1)N1CCc2c([nH]c3ccc(Cl)cc23)C1c1ccc(OCCCn2nccn2)cc1. The van der Waals surface area contributed by atoms with Crippen LogP contribution in [-0.2, 0) is 44.9 Å². The quantitative estimate of drug-likeness (QED) is 0.0433. The van der Waals surface area contributed by atoms with E-state index in [2.05, 4.69) is 40.3 Å². The lowest BCUT2D eigenvalue weighted by atomic mass is 9.92. The van der Waals surface area contributed by atoms with Gasteiger partial charge in [-0.2, -0.15) is 15.0 Å². The van der Waals surface area contributed by atoms with Gasteiger partial charge in [-0.25, -0.2) is 27.6 Å². The van der Waals surface area contributed by atoms with Crippen LogP contribution in [0.3, 0.4) is 0 Å². The van der Waals surface area contributed by atoms with Crippen LogP contribution >= 0.6 is 34.8 Å². The Morgan fingerprint density at radius 3 is 1.20 bits per heavy atom. The van der Waals surface area contributed by atoms with Crippen LogP contribution in [0.2, 0.25) is 15.1 Å². The molecule has 0 bridgehead atoms. The maximum absolute atomic E-state index is 13.5. The molecule has 32 heteroatoms. The predicted molar refractivity (Wildman–Crippen MR) is 470 cm³/mol. The van der Waals surface area contributed by atoms with Gasteiger partial charge in [0.15, 0.2) is 13.2 Å². The van der Waals surface area contributed by atoms with Gasteiger partial charge >= 0.3 is 18.3 Å². The van der Waals surface area contributed by atoms with Crippen molar-refractivity contribution in [2.45, 2.75) is 50.4 Å². The topological polar surface area (TPSA) is 269 Å². The third-order valence-electron chi connectivity index (χ3n) is 22.8. The zero-order chi connectivity index (χ0) is 87.2. The van der Waals surface area contributed by atoms with Crippen LogP contribution in [0, 0.1) is 17.5 Å². The number of nitrogens with zero attached hydrogens (tertiary/aromatic N) is 9. The fourth-order valence-corrected chi connectivity index (χ4v) is 17.0. The molecule has 4 aromatic heterocycles. The molecule has 2 fully saturated rings. The minimum Gasteiger partial charge on any atom is -0.494 e. The van der Waals surface area contributed by atoms with Gasteiger partial charge in [-0.3, -0.25) is 34.1 Å². The van der Waals surface area contributed by atoms with Crippen LogP contribution in [0.5, 0.6) is 34.5 Å². The van der Waals surface area contributed by atoms with Gasteiger partial charge in [0.05, 0.1) is 45.4 Å². The van der Waals surface area contributed by atoms with Gasteiger partial charge in [-0.15, -0.1) is 0 Å². The second-order valence-corrected chi connectivity index (χ2v) is 32.1. The molecule has 126 heavy (non-hydrogen) atoms. The molecule has 0 spiro atoms. The van der Waals surface area contributed by atoms with E-state index in [1.54, 1.807) is 51.1 Å².